The number of aliphatic hydroxyl groups excluding tert-OH is 2. The Labute approximate surface area is 425 Å². The Balaban J connectivity index is 3.31. The number of nitrogens with one attached hydrogen (secondary N) is 1. The smallest absolute Gasteiger partial charge is 0.305 e. The monoisotopic (exact) mass is 960 g/mol. The van der Waals surface area contributed by atoms with Crippen molar-refractivity contribution in [3.63, 3.8) is 0 Å². The molecule has 6 nitrogen and oxygen atoms in total. The quantitative estimate of drug-likeness (QED) is 0.0321. The largest absolute Gasteiger partial charge is 0.466 e. The fourth-order valence-electron chi connectivity index (χ4n) is 9.81. The molecule has 1 amide bonds. The van der Waals surface area contributed by atoms with Gasteiger partial charge in [0.15, 0.2) is 0 Å². The summed E-state index contributed by atoms with van der Waals surface area (Å²) in [6, 6.07) is -0.622. The Bertz CT molecular complexity index is 1020. The van der Waals surface area contributed by atoms with Crippen LogP contribution in [0.1, 0.15) is 348 Å². The third-order valence-electron chi connectivity index (χ3n) is 14.6. The van der Waals surface area contributed by atoms with Gasteiger partial charge in [-0.05, 0) is 32.1 Å². The molecule has 0 saturated heterocycles. The third kappa shape index (κ3) is 53.9. The van der Waals surface area contributed by atoms with E-state index in [1.165, 1.54) is 283 Å². The molecule has 0 rings (SSSR count). The van der Waals surface area contributed by atoms with E-state index in [9.17, 15) is 19.8 Å². The van der Waals surface area contributed by atoms with E-state index in [2.05, 4.69) is 19.2 Å². The first-order valence-corrected chi connectivity index (χ1v) is 31.0. The number of amides is 1. The van der Waals surface area contributed by atoms with Crippen molar-refractivity contribution in [2.24, 2.45) is 0 Å². The zero-order valence-electron chi connectivity index (χ0n) is 46.1. The molecule has 6 heteroatoms. The maximum atomic E-state index is 12.4. The highest BCUT2D eigenvalue weighted by atomic mass is 16.5. The van der Waals surface area contributed by atoms with Gasteiger partial charge in [0.1, 0.15) is 0 Å². The molecule has 0 aliphatic carbocycles. The van der Waals surface area contributed by atoms with Crippen LogP contribution in [-0.2, 0) is 14.3 Å². The van der Waals surface area contributed by atoms with Crippen molar-refractivity contribution in [1.82, 2.24) is 5.32 Å². The Morgan fingerprint density at radius 2 is 0.676 bits per heavy atom. The average Bonchev–Trinajstić information content (AvgIpc) is 3.34. The highest BCUT2D eigenvalue weighted by Crippen LogP contribution is 2.18. The second-order valence-electron chi connectivity index (χ2n) is 21.4. The molecule has 0 saturated carbocycles. The van der Waals surface area contributed by atoms with Crippen molar-refractivity contribution in [2.45, 2.75) is 360 Å². The van der Waals surface area contributed by atoms with Crippen LogP contribution in [0.2, 0.25) is 0 Å². The zero-order chi connectivity index (χ0) is 49.3. The van der Waals surface area contributed by atoms with Gasteiger partial charge in [-0.15, -0.1) is 0 Å². The van der Waals surface area contributed by atoms with E-state index in [-0.39, 0.29) is 18.5 Å². The number of aliphatic hydroxyl groups is 2. The molecule has 0 heterocycles. The summed E-state index contributed by atoms with van der Waals surface area (Å²) in [5, 5.41) is 22.9. The molecule has 0 spiro atoms. The van der Waals surface area contributed by atoms with Gasteiger partial charge in [0, 0.05) is 12.8 Å². The summed E-state index contributed by atoms with van der Waals surface area (Å²) in [5.74, 6) is -0.0456. The van der Waals surface area contributed by atoms with E-state index in [0.717, 1.165) is 38.5 Å². The van der Waals surface area contributed by atoms with Gasteiger partial charge in [0.25, 0.3) is 0 Å². The summed E-state index contributed by atoms with van der Waals surface area (Å²) in [6.07, 6.45) is 69.9. The standard InChI is InChI=1S/C62H121NO5/c1-3-5-7-9-11-13-14-15-29-33-36-40-44-48-52-56-62(67)68-57-53-49-45-41-37-34-31-28-26-24-22-20-18-16-17-19-21-23-25-27-30-32-35-39-43-47-51-55-61(66)63-59(58-64)60(65)54-50-46-42-38-12-10-8-6-4-2/h50,54,59-60,64-65H,3-49,51-53,55-58H2,1-2H3,(H,63,66)/b54-50+. The fraction of sp³-hybridized carbons (Fsp3) is 0.935. The third-order valence-corrected chi connectivity index (χ3v) is 14.6. The molecule has 0 bridgehead atoms. The number of hydrogen-bond acceptors (Lipinski definition) is 5. The van der Waals surface area contributed by atoms with E-state index in [1.54, 1.807) is 6.08 Å². The van der Waals surface area contributed by atoms with Crippen molar-refractivity contribution in [3.05, 3.63) is 12.2 Å². The second kappa shape index (κ2) is 58.2. The van der Waals surface area contributed by atoms with E-state index >= 15 is 0 Å². The maximum absolute atomic E-state index is 12.4. The fourth-order valence-corrected chi connectivity index (χ4v) is 9.81. The van der Waals surface area contributed by atoms with Crippen molar-refractivity contribution in [1.29, 1.82) is 0 Å². The Kier molecular flexibility index (Phi) is 57.0. The first-order chi connectivity index (χ1) is 33.5. The van der Waals surface area contributed by atoms with Gasteiger partial charge in [-0.25, -0.2) is 0 Å². The van der Waals surface area contributed by atoms with Crippen LogP contribution in [0, 0.1) is 0 Å². The van der Waals surface area contributed by atoms with Gasteiger partial charge in [-0.1, -0.05) is 315 Å². The van der Waals surface area contributed by atoms with Crippen LogP contribution < -0.4 is 5.32 Å². The minimum absolute atomic E-state index is 0.0209. The normalized spacial score (nSPS) is 12.6. The summed E-state index contributed by atoms with van der Waals surface area (Å²) < 4.78 is 5.49. The van der Waals surface area contributed by atoms with Crippen LogP contribution in [0.3, 0.4) is 0 Å². The van der Waals surface area contributed by atoms with Crippen molar-refractivity contribution in [2.75, 3.05) is 13.2 Å². The van der Waals surface area contributed by atoms with Crippen LogP contribution in [0.25, 0.3) is 0 Å². The molecule has 2 unspecified atom stereocenters. The van der Waals surface area contributed by atoms with Gasteiger partial charge in [-0.2, -0.15) is 0 Å². The molecule has 68 heavy (non-hydrogen) atoms. The highest BCUT2D eigenvalue weighted by molar-refractivity contribution is 5.76. The lowest BCUT2D eigenvalue weighted by Crippen LogP contribution is -2.45. The van der Waals surface area contributed by atoms with Crippen LogP contribution in [-0.4, -0.2) is 47.4 Å². The first-order valence-electron chi connectivity index (χ1n) is 31.0. The number of ether oxygens (including phenoxy) is 1. The van der Waals surface area contributed by atoms with Crippen LogP contribution in [0.4, 0.5) is 0 Å². The summed E-state index contributed by atoms with van der Waals surface area (Å²) in [4.78, 5) is 24.4. The zero-order valence-corrected chi connectivity index (χ0v) is 46.1. The molecule has 0 radical (unpaired) electrons. The Hall–Kier alpha value is -1.40. The Morgan fingerprint density at radius 3 is 1.00 bits per heavy atom. The number of unbranched alkanes of at least 4 members (excludes halogenated alkanes) is 47. The van der Waals surface area contributed by atoms with Crippen molar-refractivity contribution < 1.29 is 24.5 Å². The van der Waals surface area contributed by atoms with Gasteiger partial charge in [0.2, 0.25) is 5.91 Å². The van der Waals surface area contributed by atoms with Crippen LogP contribution in [0.15, 0.2) is 12.2 Å². The molecule has 404 valence electrons. The van der Waals surface area contributed by atoms with Gasteiger partial charge >= 0.3 is 5.97 Å². The number of esters is 1. The van der Waals surface area contributed by atoms with Crippen LogP contribution in [0.5, 0.6) is 0 Å². The summed E-state index contributed by atoms with van der Waals surface area (Å²) >= 11 is 0. The summed E-state index contributed by atoms with van der Waals surface area (Å²) in [5.41, 5.74) is 0. The molecular formula is C62H121NO5. The van der Waals surface area contributed by atoms with Gasteiger partial charge in [-0.3, -0.25) is 9.59 Å². The molecule has 0 aliphatic rings. The maximum Gasteiger partial charge on any atom is 0.305 e. The molecule has 0 aromatic rings. The molecule has 0 fully saturated rings. The SMILES string of the molecule is CCCCCCCCC/C=C/C(O)C(CO)NC(=O)CCCCCCCCCCCCCCCCCCCCCCCCCCCCCOC(=O)CCCCCCCCCCCCCCCCC. The van der Waals surface area contributed by atoms with Gasteiger partial charge < -0.3 is 20.3 Å². The predicted molar refractivity (Wildman–Crippen MR) is 297 cm³/mol. The minimum atomic E-state index is -0.839. The molecule has 0 aromatic carbocycles. The topological polar surface area (TPSA) is 95.9 Å². The number of carbonyl (C=O) groups is 2. The lowest BCUT2D eigenvalue weighted by atomic mass is 10.0. The van der Waals surface area contributed by atoms with E-state index in [4.69, 9.17) is 4.74 Å². The van der Waals surface area contributed by atoms with Crippen LogP contribution >= 0.6 is 0 Å². The summed E-state index contributed by atoms with van der Waals surface area (Å²) in [6.45, 7) is 4.90. The Morgan fingerprint density at radius 1 is 0.397 bits per heavy atom. The molecule has 2 atom stereocenters. The number of hydrogen-bond donors (Lipinski definition) is 3. The molecule has 0 aromatic heterocycles. The summed E-state index contributed by atoms with van der Waals surface area (Å²) in [7, 11) is 0. The number of carbonyl (C=O) groups excluding carboxylic acids is 2. The number of allylic oxidation sites excluding steroid dienone is 1. The lowest BCUT2D eigenvalue weighted by Gasteiger charge is -2.20. The minimum Gasteiger partial charge on any atom is -0.466 e. The molecule has 3 N–H and O–H groups in total. The highest BCUT2D eigenvalue weighted by Gasteiger charge is 2.18. The molecular weight excluding hydrogens is 839 g/mol. The average molecular weight is 961 g/mol. The first kappa shape index (κ1) is 66.6. The number of rotatable bonds is 58. The second-order valence-corrected chi connectivity index (χ2v) is 21.4. The van der Waals surface area contributed by atoms with Gasteiger partial charge in [0.05, 0.1) is 25.4 Å². The van der Waals surface area contributed by atoms with E-state index < -0.39 is 12.1 Å². The van der Waals surface area contributed by atoms with Crippen molar-refractivity contribution in [3.8, 4) is 0 Å². The van der Waals surface area contributed by atoms with E-state index in [1.807, 2.05) is 6.08 Å². The molecule has 0 aliphatic heterocycles. The lowest BCUT2D eigenvalue weighted by molar-refractivity contribution is -0.143. The van der Waals surface area contributed by atoms with E-state index in [0.29, 0.717) is 19.4 Å². The predicted octanol–water partition coefficient (Wildman–Crippen LogP) is 19.2. The van der Waals surface area contributed by atoms with Crippen molar-refractivity contribution >= 4 is 11.9 Å².